The molecule has 9 heteroatoms. The average molecular weight is 493 g/mol. The minimum atomic E-state index is -4.02. The maximum absolute atomic E-state index is 13.2. The molecular formula is C21H21BrN2O5S. The minimum absolute atomic E-state index is 0.0346. The molecular weight excluding hydrogens is 472 g/mol. The Hall–Kier alpha value is -2.49. The summed E-state index contributed by atoms with van der Waals surface area (Å²) in [6.07, 6.45) is 1.16. The van der Waals surface area contributed by atoms with Gasteiger partial charge in [0.15, 0.2) is 0 Å². The van der Waals surface area contributed by atoms with E-state index < -0.39 is 27.9 Å². The predicted octanol–water partition coefficient (Wildman–Crippen LogP) is 3.36. The lowest BCUT2D eigenvalue weighted by Gasteiger charge is -2.25. The first-order chi connectivity index (χ1) is 14.3. The largest absolute Gasteiger partial charge is 0.494 e. The number of nitrogens with zero attached hydrogens (tertiary/aromatic N) is 2. The second-order valence-corrected chi connectivity index (χ2v) is 9.34. The van der Waals surface area contributed by atoms with Gasteiger partial charge in [-0.25, -0.2) is 13.3 Å². The molecule has 0 aromatic heterocycles. The van der Waals surface area contributed by atoms with E-state index in [9.17, 15) is 18.0 Å². The van der Waals surface area contributed by atoms with Crippen molar-refractivity contribution in [1.82, 2.24) is 4.31 Å². The smallest absolute Gasteiger partial charge is 0.252 e. The van der Waals surface area contributed by atoms with Gasteiger partial charge in [0.2, 0.25) is 15.9 Å². The number of carbonyl (C=O) groups excluding carboxylic acids is 2. The molecule has 0 radical (unpaired) electrons. The van der Waals surface area contributed by atoms with E-state index in [0.717, 1.165) is 13.7 Å². The quantitative estimate of drug-likeness (QED) is 0.416. The third-order valence-corrected chi connectivity index (χ3v) is 7.02. The normalized spacial score (nSPS) is 16.9. The zero-order chi connectivity index (χ0) is 21.9. The van der Waals surface area contributed by atoms with Crippen molar-refractivity contribution in [2.45, 2.75) is 24.3 Å². The Balaban J connectivity index is 1.92. The molecule has 0 saturated carbocycles. The molecule has 2 aromatic rings. The van der Waals surface area contributed by atoms with Crippen LogP contribution in [0.25, 0.3) is 0 Å². The molecule has 0 aliphatic carbocycles. The van der Waals surface area contributed by atoms with Crippen LogP contribution in [0.1, 0.15) is 13.3 Å². The van der Waals surface area contributed by atoms with Gasteiger partial charge < -0.3 is 4.74 Å². The fourth-order valence-corrected chi connectivity index (χ4v) is 5.05. The van der Waals surface area contributed by atoms with Gasteiger partial charge >= 0.3 is 0 Å². The molecule has 1 atom stereocenters. The zero-order valence-electron chi connectivity index (χ0n) is 16.3. The lowest BCUT2D eigenvalue weighted by Crippen LogP contribution is -2.45. The van der Waals surface area contributed by atoms with E-state index in [2.05, 4.69) is 22.5 Å². The van der Waals surface area contributed by atoms with Gasteiger partial charge in [-0.05, 0) is 55.5 Å². The summed E-state index contributed by atoms with van der Waals surface area (Å²) in [6.45, 7) is 5.85. The van der Waals surface area contributed by atoms with Crippen molar-refractivity contribution in [2.24, 2.45) is 0 Å². The summed E-state index contributed by atoms with van der Waals surface area (Å²) in [7, 11) is -4.02. The van der Waals surface area contributed by atoms with Crippen LogP contribution in [0.5, 0.6) is 5.75 Å². The van der Waals surface area contributed by atoms with Crippen LogP contribution in [0, 0.1) is 0 Å². The highest BCUT2D eigenvalue weighted by molar-refractivity contribution is 9.10. The lowest BCUT2D eigenvalue weighted by atomic mass is 10.2. The van der Waals surface area contributed by atoms with Crippen LogP contribution in [0.4, 0.5) is 5.69 Å². The molecule has 1 fully saturated rings. The summed E-state index contributed by atoms with van der Waals surface area (Å²) in [5.74, 6) is -0.441. The highest BCUT2D eigenvalue weighted by Gasteiger charge is 2.46. The van der Waals surface area contributed by atoms with E-state index in [0.29, 0.717) is 18.0 Å². The summed E-state index contributed by atoms with van der Waals surface area (Å²) in [5, 5.41) is 0. The molecule has 7 nitrogen and oxygen atoms in total. The summed E-state index contributed by atoms with van der Waals surface area (Å²) >= 11 is 3.27. The van der Waals surface area contributed by atoms with Crippen molar-refractivity contribution in [2.75, 3.05) is 18.1 Å². The van der Waals surface area contributed by atoms with Gasteiger partial charge in [-0.1, -0.05) is 22.0 Å². The second kappa shape index (κ2) is 9.11. The van der Waals surface area contributed by atoms with Gasteiger partial charge in [0, 0.05) is 11.0 Å². The standard InChI is InChI=1S/C21H21BrN2O5S/c1-3-13-23(30(27,28)18-11-5-15(22)6-12-18)19-14-20(25)24(21(19)26)16-7-9-17(10-8-16)29-4-2/h3,5-12,19H,1,4,13-14H2,2H3. The van der Waals surface area contributed by atoms with Crippen molar-refractivity contribution in [3.63, 3.8) is 0 Å². The highest BCUT2D eigenvalue weighted by atomic mass is 79.9. The van der Waals surface area contributed by atoms with E-state index in [1.54, 1.807) is 36.4 Å². The summed E-state index contributed by atoms with van der Waals surface area (Å²) in [5.41, 5.74) is 0.371. The van der Waals surface area contributed by atoms with Crippen LogP contribution < -0.4 is 9.64 Å². The molecule has 158 valence electrons. The molecule has 1 aliphatic rings. The Morgan fingerprint density at radius 3 is 2.37 bits per heavy atom. The fraction of sp³-hybridized carbons (Fsp3) is 0.238. The van der Waals surface area contributed by atoms with Crippen molar-refractivity contribution >= 4 is 43.5 Å². The van der Waals surface area contributed by atoms with E-state index in [-0.39, 0.29) is 17.9 Å². The van der Waals surface area contributed by atoms with E-state index in [1.165, 1.54) is 18.2 Å². The van der Waals surface area contributed by atoms with Gasteiger partial charge in [0.1, 0.15) is 11.8 Å². The first kappa shape index (κ1) is 22.2. The maximum Gasteiger partial charge on any atom is 0.252 e. The van der Waals surface area contributed by atoms with E-state index >= 15 is 0 Å². The third kappa shape index (κ3) is 4.33. The summed E-state index contributed by atoms with van der Waals surface area (Å²) in [4.78, 5) is 26.8. The average Bonchev–Trinajstić information content (AvgIpc) is 3.01. The highest BCUT2D eigenvalue weighted by Crippen LogP contribution is 2.30. The zero-order valence-corrected chi connectivity index (χ0v) is 18.7. The number of carbonyl (C=O) groups is 2. The summed E-state index contributed by atoms with van der Waals surface area (Å²) < 4.78 is 33.5. The van der Waals surface area contributed by atoms with E-state index in [1.807, 2.05) is 6.92 Å². The Labute approximate surface area is 184 Å². The van der Waals surface area contributed by atoms with Crippen molar-refractivity contribution < 1.29 is 22.7 Å². The van der Waals surface area contributed by atoms with Crippen LogP contribution in [-0.4, -0.2) is 43.7 Å². The van der Waals surface area contributed by atoms with Gasteiger partial charge in [-0.3, -0.25) is 9.59 Å². The van der Waals surface area contributed by atoms with Crippen LogP contribution in [-0.2, 0) is 19.6 Å². The Bertz CT molecular complexity index is 1050. The number of amides is 2. The first-order valence-corrected chi connectivity index (χ1v) is 11.5. The number of ether oxygens (including phenoxy) is 1. The first-order valence-electron chi connectivity index (χ1n) is 9.27. The van der Waals surface area contributed by atoms with Crippen LogP contribution >= 0.6 is 15.9 Å². The number of benzene rings is 2. The van der Waals surface area contributed by atoms with Gasteiger partial charge in [0.05, 0.1) is 23.6 Å². The number of halogens is 1. The molecule has 3 rings (SSSR count). The van der Waals surface area contributed by atoms with E-state index in [4.69, 9.17) is 4.74 Å². The van der Waals surface area contributed by atoms with Crippen molar-refractivity contribution in [3.05, 3.63) is 65.7 Å². The molecule has 0 spiro atoms. The molecule has 1 aliphatic heterocycles. The van der Waals surface area contributed by atoms with Crippen LogP contribution in [0.2, 0.25) is 0 Å². The second-order valence-electron chi connectivity index (χ2n) is 6.53. The van der Waals surface area contributed by atoms with Crippen molar-refractivity contribution in [3.8, 4) is 5.75 Å². The Morgan fingerprint density at radius 2 is 1.80 bits per heavy atom. The number of rotatable bonds is 8. The third-order valence-electron chi connectivity index (χ3n) is 4.61. The predicted molar refractivity (Wildman–Crippen MR) is 117 cm³/mol. The molecule has 30 heavy (non-hydrogen) atoms. The van der Waals surface area contributed by atoms with Crippen molar-refractivity contribution in [1.29, 1.82) is 0 Å². The Kier molecular flexibility index (Phi) is 6.74. The number of hydrogen-bond donors (Lipinski definition) is 0. The molecule has 1 saturated heterocycles. The van der Waals surface area contributed by atoms with Gasteiger partial charge in [0.25, 0.3) is 5.91 Å². The van der Waals surface area contributed by atoms with Crippen LogP contribution in [0.15, 0.2) is 70.6 Å². The number of hydrogen-bond acceptors (Lipinski definition) is 5. The molecule has 2 amide bonds. The monoisotopic (exact) mass is 492 g/mol. The number of sulfonamides is 1. The maximum atomic E-state index is 13.2. The molecule has 1 unspecified atom stereocenters. The summed E-state index contributed by atoms with van der Waals surface area (Å²) in [6, 6.07) is 11.5. The topological polar surface area (TPSA) is 84.0 Å². The van der Waals surface area contributed by atoms with Crippen LogP contribution in [0.3, 0.4) is 0 Å². The molecule has 0 N–H and O–H groups in total. The Morgan fingerprint density at radius 1 is 1.17 bits per heavy atom. The van der Waals surface area contributed by atoms with Gasteiger partial charge in [-0.2, -0.15) is 4.31 Å². The molecule has 2 aromatic carbocycles. The fourth-order valence-electron chi connectivity index (χ4n) is 3.23. The number of imide groups is 1. The lowest BCUT2D eigenvalue weighted by molar-refractivity contribution is -0.122. The minimum Gasteiger partial charge on any atom is -0.494 e. The molecule has 1 heterocycles. The molecule has 0 bridgehead atoms. The number of anilines is 1. The SMILES string of the molecule is C=CCN(C1CC(=O)N(c2ccc(OCC)cc2)C1=O)S(=O)(=O)c1ccc(Br)cc1. The van der Waals surface area contributed by atoms with Gasteiger partial charge in [-0.15, -0.1) is 6.58 Å².